The van der Waals surface area contributed by atoms with Crippen molar-refractivity contribution in [3.05, 3.63) is 29.8 Å². The van der Waals surface area contributed by atoms with E-state index in [1.165, 1.54) is 0 Å². The van der Waals surface area contributed by atoms with Gasteiger partial charge in [0.1, 0.15) is 12.4 Å². The van der Waals surface area contributed by atoms with Crippen LogP contribution >= 0.6 is 0 Å². The maximum Gasteiger partial charge on any atom is 0.261 e. The molecule has 0 aliphatic rings. The average molecular weight is 245 g/mol. The molecular weight excluding hydrogens is 228 g/mol. The van der Waals surface area contributed by atoms with Crippen LogP contribution in [-0.2, 0) is 4.74 Å². The van der Waals surface area contributed by atoms with Gasteiger partial charge in [-0.25, -0.2) is 8.78 Å². The zero-order valence-electron chi connectivity index (χ0n) is 9.90. The highest BCUT2D eigenvalue weighted by atomic mass is 19.3. The molecule has 0 heterocycles. The van der Waals surface area contributed by atoms with Gasteiger partial charge in [-0.1, -0.05) is 12.1 Å². The van der Waals surface area contributed by atoms with Crippen LogP contribution in [0.1, 0.15) is 18.6 Å². The van der Waals surface area contributed by atoms with Gasteiger partial charge in [0.05, 0.1) is 13.2 Å². The first-order valence-corrected chi connectivity index (χ1v) is 5.34. The van der Waals surface area contributed by atoms with Crippen molar-refractivity contribution in [2.24, 2.45) is 5.73 Å². The number of benzene rings is 1. The highest BCUT2D eigenvalue weighted by molar-refractivity contribution is 5.30. The molecule has 0 saturated heterocycles. The fourth-order valence-corrected chi connectivity index (χ4v) is 1.55. The molecule has 0 amide bonds. The SMILES string of the molecule is COc1cccc(C(OCC(F)F)C(C)N)c1. The lowest BCUT2D eigenvalue weighted by Crippen LogP contribution is -2.28. The minimum Gasteiger partial charge on any atom is -0.497 e. The number of hydrogen-bond acceptors (Lipinski definition) is 3. The summed E-state index contributed by atoms with van der Waals surface area (Å²) in [6, 6.07) is 6.69. The number of methoxy groups -OCH3 is 1. The molecule has 1 rings (SSSR count). The van der Waals surface area contributed by atoms with Crippen LogP contribution in [-0.4, -0.2) is 26.2 Å². The number of rotatable bonds is 6. The van der Waals surface area contributed by atoms with Crippen LogP contribution < -0.4 is 10.5 Å². The van der Waals surface area contributed by atoms with Crippen molar-refractivity contribution in [1.82, 2.24) is 0 Å². The summed E-state index contributed by atoms with van der Waals surface area (Å²) in [5, 5.41) is 0. The van der Waals surface area contributed by atoms with Crippen molar-refractivity contribution in [1.29, 1.82) is 0 Å². The number of ether oxygens (including phenoxy) is 2. The maximum atomic E-state index is 12.1. The van der Waals surface area contributed by atoms with Gasteiger partial charge in [0.25, 0.3) is 6.43 Å². The lowest BCUT2D eigenvalue weighted by molar-refractivity contribution is -0.0326. The zero-order chi connectivity index (χ0) is 12.8. The summed E-state index contributed by atoms with van der Waals surface area (Å²) in [5.41, 5.74) is 6.47. The molecule has 2 N–H and O–H groups in total. The number of hydrogen-bond donors (Lipinski definition) is 1. The monoisotopic (exact) mass is 245 g/mol. The molecule has 96 valence electrons. The molecule has 0 aromatic heterocycles. The third kappa shape index (κ3) is 4.28. The van der Waals surface area contributed by atoms with Gasteiger partial charge in [-0.05, 0) is 24.6 Å². The van der Waals surface area contributed by atoms with E-state index in [1.54, 1.807) is 38.3 Å². The smallest absolute Gasteiger partial charge is 0.261 e. The summed E-state index contributed by atoms with van der Waals surface area (Å²) in [6.45, 7) is 1.10. The summed E-state index contributed by atoms with van der Waals surface area (Å²) in [4.78, 5) is 0. The molecule has 3 nitrogen and oxygen atoms in total. The molecule has 2 unspecified atom stereocenters. The van der Waals surface area contributed by atoms with Crippen molar-refractivity contribution >= 4 is 0 Å². The number of nitrogens with two attached hydrogens (primary N) is 1. The predicted molar refractivity (Wildman–Crippen MR) is 61.3 cm³/mol. The Labute approximate surface area is 99.5 Å². The summed E-state index contributed by atoms with van der Waals surface area (Å²) < 4.78 is 34.4. The Bertz CT molecular complexity index is 345. The van der Waals surface area contributed by atoms with Crippen LogP contribution in [0, 0.1) is 0 Å². The van der Waals surface area contributed by atoms with E-state index < -0.39 is 19.1 Å². The summed E-state index contributed by atoms with van der Waals surface area (Å²) >= 11 is 0. The van der Waals surface area contributed by atoms with Crippen molar-refractivity contribution in [3.8, 4) is 5.75 Å². The summed E-state index contributed by atoms with van der Waals surface area (Å²) in [6.07, 6.45) is -3.05. The van der Waals surface area contributed by atoms with Crippen molar-refractivity contribution < 1.29 is 18.3 Å². The van der Waals surface area contributed by atoms with Crippen LogP contribution in [0.2, 0.25) is 0 Å². The normalized spacial score (nSPS) is 14.7. The van der Waals surface area contributed by atoms with Gasteiger partial charge in [-0.15, -0.1) is 0 Å². The molecule has 0 fully saturated rings. The standard InChI is InChI=1S/C12H17F2NO2/c1-8(15)12(17-7-11(13)14)9-4-3-5-10(6-9)16-2/h3-6,8,11-12H,7,15H2,1-2H3. The van der Waals surface area contributed by atoms with Crippen LogP contribution in [0.15, 0.2) is 24.3 Å². The van der Waals surface area contributed by atoms with Crippen LogP contribution in [0.5, 0.6) is 5.75 Å². The maximum absolute atomic E-state index is 12.1. The lowest BCUT2D eigenvalue weighted by Gasteiger charge is -2.22. The van der Waals surface area contributed by atoms with Crippen LogP contribution in [0.3, 0.4) is 0 Å². The van der Waals surface area contributed by atoms with Gasteiger partial charge in [0, 0.05) is 6.04 Å². The van der Waals surface area contributed by atoms with Crippen molar-refractivity contribution in [2.75, 3.05) is 13.7 Å². The molecule has 17 heavy (non-hydrogen) atoms. The zero-order valence-corrected chi connectivity index (χ0v) is 9.90. The fourth-order valence-electron chi connectivity index (χ4n) is 1.55. The first-order chi connectivity index (χ1) is 8.04. The lowest BCUT2D eigenvalue weighted by atomic mass is 10.0. The largest absolute Gasteiger partial charge is 0.497 e. The van der Waals surface area contributed by atoms with Gasteiger partial charge in [0.15, 0.2) is 0 Å². The topological polar surface area (TPSA) is 44.5 Å². The summed E-state index contributed by atoms with van der Waals surface area (Å²) in [7, 11) is 1.54. The minimum absolute atomic E-state index is 0.374. The first-order valence-electron chi connectivity index (χ1n) is 5.34. The molecule has 1 aromatic rings. The van der Waals surface area contributed by atoms with Gasteiger partial charge < -0.3 is 15.2 Å². The highest BCUT2D eigenvalue weighted by Gasteiger charge is 2.19. The predicted octanol–water partition coefficient (Wildman–Crippen LogP) is 2.37. The van der Waals surface area contributed by atoms with Gasteiger partial charge >= 0.3 is 0 Å². The minimum atomic E-state index is -2.50. The second kappa shape index (κ2) is 6.51. The van der Waals surface area contributed by atoms with E-state index in [-0.39, 0.29) is 6.04 Å². The van der Waals surface area contributed by atoms with Crippen LogP contribution in [0.25, 0.3) is 0 Å². The Kier molecular flexibility index (Phi) is 5.31. The molecule has 2 atom stereocenters. The summed E-state index contributed by atoms with van der Waals surface area (Å²) in [5.74, 6) is 0.647. The van der Waals surface area contributed by atoms with E-state index in [0.717, 1.165) is 5.56 Å². The van der Waals surface area contributed by atoms with E-state index in [1.807, 2.05) is 0 Å². The van der Waals surface area contributed by atoms with Gasteiger partial charge in [-0.3, -0.25) is 0 Å². The molecule has 0 aliphatic carbocycles. The molecule has 0 aliphatic heterocycles. The van der Waals surface area contributed by atoms with E-state index in [0.29, 0.717) is 5.75 Å². The van der Waals surface area contributed by atoms with E-state index >= 15 is 0 Å². The Balaban J connectivity index is 2.81. The fraction of sp³-hybridized carbons (Fsp3) is 0.500. The second-order valence-electron chi connectivity index (χ2n) is 3.78. The number of halogens is 2. The molecule has 0 spiro atoms. The van der Waals surface area contributed by atoms with Gasteiger partial charge in [0.2, 0.25) is 0 Å². The Morgan fingerprint density at radius 3 is 2.59 bits per heavy atom. The quantitative estimate of drug-likeness (QED) is 0.836. The van der Waals surface area contributed by atoms with Crippen molar-refractivity contribution in [3.63, 3.8) is 0 Å². The molecule has 0 saturated carbocycles. The van der Waals surface area contributed by atoms with Crippen LogP contribution in [0.4, 0.5) is 8.78 Å². The number of alkyl halides is 2. The molecule has 1 aromatic carbocycles. The average Bonchev–Trinajstić information content (AvgIpc) is 2.28. The second-order valence-corrected chi connectivity index (χ2v) is 3.78. The Morgan fingerprint density at radius 2 is 2.06 bits per heavy atom. The van der Waals surface area contributed by atoms with E-state index in [4.69, 9.17) is 15.2 Å². The van der Waals surface area contributed by atoms with Gasteiger partial charge in [-0.2, -0.15) is 0 Å². The highest BCUT2D eigenvalue weighted by Crippen LogP contribution is 2.24. The third-order valence-corrected chi connectivity index (χ3v) is 2.30. The first kappa shape index (κ1) is 13.9. The Hall–Kier alpha value is -1.20. The van der Waals surface area contributed by atoms with E-state index in [9.17, 15) is 8.78 Å². The Morgan fingerprint density at radius 1 is 1.35 bits per heavy atom. The molecule has 0 bridgehead atoms. The molecule has 5 heteroatoms. The molecule has 0 radical (unpaired) electrons. The van der Waals surface area contributed by atoms with Crippen molar-refractivity contribution in [2.45, 2.75) is 25.5 Å². The van der Waals surface area contributed by atoms with E-state index in [2.05, 4.69) is 0 Å². The molecular formula is C12H17F2NO2. The third-order valence-electron chi connectivity index (χ3n) is 2.30.